The first-order valence-corrected chi connectivity index (χ1v) is 20.9. The minimum atomic E-state index is -0.757. The van der Waals surface area contributed by atoms with E-state index in [2.05, 4.69) is 27.7 Å². The van der Waals surface area contributed by atoms with E-state index in [1.807, 2.05) is 0 Å². The second-order valence-corrected chi connectivity index (χ2v) is 14.5. The van der Waals surface area contributed by atoms with Crippen LogP contribution in [-0.4, -0.2) is 37.2 Å². The molecule has 0 heterocycles. The molecule has 0 N–H and O–H groups in total. The van der Waals surface area contributed by atoms with Gasteiger partial charge in [-0.2, -0.15) is 0 Å². The minimum Gasteiger partial charge on any atom is -0.462 e. The van der Waals surface area contributed by atoms with Gasteiger partial charge in [0.25, 0.3) is 0 Å². The molecule has 0 bridgehead atoms. The van der Waals surface area contributed by atoms with E-state index in [0.29, 0.717) is 19.3 Å². The van der Waals surface area contributed by atoms with Crippen molar-refractivity contribution in [3.8, 4) is 0 Å². The van der Waals surface area contributed by atoms with Crippen LogP contribution < -0.4 is 0 Å². The summed E-state index contributed by atoms with van der Waals surface area (Å²) in [5.74, 6) is -0.0665. The Kier molecular flexibility index (Phi) is 35.5. The molecule has 0 rings (SSSR count). The maximum atomic E-state index is 12.6. The van der Waals surface area contributed by atoms with Crippen LogP contribution in [0.2, 0.25) is 0 Å². The van der Waals surface area contributed by atoms with Crippen molar-refractivity contribution in [2.45, 2.75) is 233 Å². The fraction of sp³-hybridized carbons (Fsp3) is 0.929. The normalized spacial score (nSPS) is 12.5. The highest BCUT2D eigenvalue weighted by atomic mass is 16.6. The van der Waals surface area contributed by atoms with Gasteiger partial charge in [0.05, 0.1) is 0 Å². The maximum absolute atomic E-state index is 12.6. The zero-order valence-electron chi connectivity index (χ0n) is 32.4. The van der Waals surface area contributed by atoms with Crippen molar-refractivity contribution in [2.75, 3.05) is 13.2 Å². The van der Waals surface area contributed by atoms with Crippen molar-refractivity contribution in [3.05, 3.63) is 0 Å². The third-order valence-corrected chi connectivity index (χ3v) is 9.65. The standard InChI is InChI=1S/C42H80O6/c1-5-8-10-12-13-14-15-16-17-18-19-20-21-26-30-34-41(44)47-37-39(36-46-40(43)33-29-24-11-9-6-2)48-42(45)35-31-27-23-22-25-28-32-38(4)7-3/h38-39H,5-37H2,1-4H3/t38?,39-/m1/s1. The van der Waals surface area contributed by atoms with Crippen LogP contribution in [0.25, 0.3) is 0 Å². The topological polar surface area (TPSA) is 78.9 Å². The fourth-order valence-electron chi connectivity index (χ4n) is 6.06. The van der Waals surface area contributed by atoms with Crippen LogP contribution in [0.5, 0.6) is 0 Å². The molecule has 0 radical (unpaired) electrons. The summed E-state index contributed by atoms with van der Waals surface area (Å²) in [6.07, 6.45) is 34.0. The number of rotatable bonds is 37. The predicted molar refractivity (Wildman–Crippen MR) is 201 cm³/mol. The van der Waals surface area contributed by atoms with Crippen molar-refractivity contribution in [2.24, 2.45) is 5.92 Å². The zero-order chi connectivity index (χ0) is 35.3. The van der Waals surface area contributed by atoms with Crippen LogP contribution in [0.15, 0.2) is 0 Å². The van der Waals surface area contributed by atoms with Gasteiger partial charge in [-0.25, -0.2) is 0 Å². The van der Waals surface area contributed by atoms with Crippen molar-refractivity contribution in [1.82, 2.24) is 0 Å². The van der Waals surface area contributed by atoms with Crippen molar-refractivity contribution in [1.29, 1.82) is 0 Å². The van der Waals surface area contributed by atoms with E-state index < -0.39 is 6.10 Å². The molecule has 0 amide bonds. The summed E-state index contributed by atoms with van der Waals surface area (Å²) in [6, 6.07) is 0. The molecule has 0 spiro atoms. The number of carbonyl (C=O) groups excluding carboxylic acids is 3. The number of unbranched alkanes of at least 4 members (excludes halogenated alkanes) is 23. The van der Waals surface area contributed by atoms with Crippen LogP contribution >= 0.6 is 0 Å². The Morgan fingerprint density at radius 3 is 1.08 bits per heavy atom. The average molecular weight is 681 g/mol. The van der Waals surface area contributed by atoms with Crippen LogP contribution in [0.3, 0.4) is 0 Å². The van der Waals surface area contributed by atoms with Crippen molar-refractivity contribution in [3.63, 3.8) is 0 Å². The largest absolute Gasteiger partial charge is 0.462 e. The van der Waals surface area contributed by atoms with Gasteiger partial charge in [0.1, 0.15) is 13.2 Å². The second kappa shape index (κ2) is 36.7. The molecule has 6 nitrogen and oxygen atoms in total. The number of carbonyl (C=O) groups is 3. The lowest BCUT2D eigenvalue weighted by Gasteiger charge is -2.18. The Labute approximate surface area is 298 Å². The number of hydrogen-bond acceptors (Lipinski definition) is 6. The predicted octanol–water partition coefficient (Wildman–Crippen LogP) is 12.8. The second-order valence-electron chi connectivity index (χ2n) is 14.5. The van der Waals surface area contributed by atoms with Crippen molar-refractivity contribution < 1.29 is 28.6 Å². The van der Waals surface area contributed by atoms with Crippen LogP contribution in [0.1, 0.15) is 227 Å². The van der Waals surface area contributed by atoms with Crippen molar-refractivity contribution >= 4 is 17.9 Å². The Morgan fingerprint density at radius 2 is 0.729 bits per heavy atom. The first kappa shape index (κ1) is 46.4. The van der Waals surface area contributed by atoms with E-state index in [0.717, 1.165) is 70.1 Å². The number of hydrogen-bond donors (Lipinski definition) is 0. The van der Waals surface area contributed by atoms with E-state index in [4.69, 9.17) is 14.2 Å². The first-order valence-electron chi connectivity index (χ1n) is 20.9. The SMILES string of the molecule is CCCCCCCCCCCCCCCCCC(=O)OC[C@@H](COC(=O)CCCCCCC)OC(=O)CCCCCCCCC(C)CC. The summed E-state index contributed by atoms with van der Waals surface area (Å²) in [4.78, 5) is 37.3. The molecule has 2 atom stereocenters. The van der Waals surface area contributed by atoms with Gasteiger partial charge in [-0.05, 0) is 25.2 Å². The molecule has 0 aromatic carbocycles. The Morgan fingerprint density at radius 1 is 0.417 bits per heavy atom. The zero-order valence-corrected chi connectivity index (χ0v) is 32.4. The molecule has 0 aromatic rings. The van der Waals surface area contributed by atoms with E-state index in [1.165, 1.54) is 116 Å². The lowest BCUT2D eigenvalue weighted by atomic mass is 10.00. The molecule has 6 heteroatoms. The Balaban J connectivity index is 4.20. The molecule has 0 aromatic heterocycles. The highest BCUT2D eigenvalue weighted by Crippen LogP contribution is 2.16. The highest BCUT2D eigenvalue weighted by Gasteiger charge is 2.19. The van der Waals surface area contributed by atoms with Gasteiger partial charge in [-0.1, -0.05) is 188 Å². The van der Waals surface area contributed by atoms with Gasteiger partial charge in [0.2, 0.25) is 0 Å². The van der Waals surface area contributed by atoms with Crippen LogP contribution in [-0.2, 0) is 28.6 Å². The number of ether oxygens (including phenoxy) is 3. The van der Waals surface area contributed by atoms with Crippen LogP contribution in [0, 0.1) is 5.92 Å². The van der Waals surface area contributed by atoms with Crippen LogP contribution in [0.4, 0.5) is 0 Å². The summed E-state index contributed by atoms with van der Waals surface area (Å²) in [7, 11) is 0. The summed E-state index contributed by atoms with van der Waals surface area (Å²) in [5.41, 5.74) is 0. The lowest BCUT2D eigenvalue weighted by molar-refractivity contribution is -0.167. The molecule has 0 saturated carbocycles. The van der Waals surface area contributed by atoms with Gasteiger partial charge in [-0.3, -0.25) is 14.4 Å². The average Bonchev–Trinajstić information content (AvgIpc) is 3.08. The Bertz CT molecular complexity index is 723. The van der Waals surface area contributed by atoms with E-state index in [1.54, 1.807) is 0 Å². The molecule has 0 fully saturated rings. The van der Waals surface area contributed by atoms with E-state index in [9.17, 15) is 14.4 Å². The molecular weight excluding hydrogens is 600 g/mol. The monoisotopic (exact) mass is 681 g/mol. The highest BCUT2D eigenvalue weighted by molar-refractivity contribution is 5.71. The third kappa shape index (κ3) is 34.3. The molecule has 0 aliphatic heterocycles. The summed E-state index contributed by atoms with van der Waals surface area (Å²) in [5, 5.41) is 0. The fourth-order valence-corrected chi connectivity index (χ4v) is 6.06. The summed E-state index contributed by atoms with van der Waals surface area (Å²) in [6.45, 7) is 8.87. The minimum absolute atomic E-state index is 0.0662. The van der Waals surface area contributed by atoms with Gasteiger partial charge in [0, 0.05) is 19.3 Å². The molecular formula is C42H80O6. The molecule has 48 heavy (non-hydrogen) atoms. The quantitative estimate of drug-likeness (QED) is 0.0369. The lowest BCUT2D eigenvalue weighted by Crippen LogP contribution is -2.30. The van der Waals surface area contributed by atoms with Gasteiger partial charge in [-0.15, -0.1) is 0 Å². The molecule has 0 aliphatic carbocycles. The smallest absolute Gasteiger partial charge is 0.306 e. The van der Waals surface area contributed by atoms with E-state index in [-0.39, 0.29) is 31.1 Å². The van der Waals surface area contributed by atoms with Gasteiger partial charge >= 0.3 is 17.9 Å². The summed E-state index contributed by atoms with van der Waals surface area (Å²) >= 11 is 0. The number of esters is 3. The molecule has 0 aliphatic rings. The third-order valence-electron chi connectivity index (χ3n) is 9.65. The molecule has 284 valence electrons. The first-order chi connectivity index (χ1) is 23.4. The van der Waals surface area contributed by atoms with Gasteiger partial charge < -0.3 is 14.2 Å². The van der Waals surface area contributed by atoms with Gasteiger partial charge in [0.15, 0.2) is 6.10 Å². The maximum Gasteiger partial charge on any atom is 0.306 e. The Hall–Kier alpha value is -1.59. The molecule has 0 saturated heterocycles. The molecule has 1 unspecified atom stereocenters. The summed E-state index contributed by atoms with van der Waals surface area (Å²) < 4.78 is 16.5. The van der Waals surface area contributed by atoms with E-state index >= 15 is 0 Å².